The van der Waals surface area contributed by atoms with Gasteiger partial charge in [-0.3, -0.25) is 4.79 Å². The molecule has 10 nitrogen and oxygen atoms in total. The Balaban J connectivity index is 1.60. The highest BCUT2D eigenvalue weighted by atomic mass is 32.2. The molecule has 2 aromatic carbocycles. The van der Waals surface area contributed by atoms with Crippen molar-refractivity contribution in [1.82, 2.24) is 14.6 Å². The summed E-state index contributed by atoms with van der Waals surface area (Å²) in [7, 11) is -4.34. The number of thiazole rings is 1. The first kappa shape index (κ1) is 31.3. The van der Waals surface area contributed by atoms with E-state index in [0.29, 0.717) is 16.7 Å². The Morgan fingerprint density at radius 3 is 2.31 bits per heavy atom. The third kappa shape index (κ3) is 7.20. The first-order valence-electron chi connectivity index (χ1n) is 12.9. The van der Waals surface area contributed by atoms with Gasteiger partial charge in [-0.1, -0.05) is 49.4 Å². The summed E-state index contributed by atoms with van der Waals surface area (Å²) < 4.78 is 69.8. The summed E-state index contributed by atoms with van der Waals surface area (Å²) in [6.45, 7) is 5.60. The van der Waals surface area contributed by atoms with Crippen molar-refractivity contribution in [3.05, 3.63) is 70.2 Å². The van der Waals surface area contributed by atoms with Crippen LogP contribution in [0.15, 0.2) is 53.4 Å². The zero-order valence-electron chi connectivity index (χ0n) is 22.9. The third-order valence-corrected chi connectivity index (χ3v) is 9.79. The number of carbonyl (C=O) groups excluding carboxylic acids is 1. The number of piperazine rings is 1. The molecule has 3 aromatic rings. The van der Waals surface area contributed by atoms with Crippen molar-refractivity contribution in [3.8, 4) is 5.75 Å². The van der Waals surface area contributed by atoms with Crippen LogP contribution in [-0.4, -0.2) is 66.7 Å². The number of ether oxygens (including phenoxy) is 1. The number of anilines is 1. The highest BCUT2D eigenvalue weighted by Gasteiger charge is 2.41. The van der Waals surface area contributed by atoms with Gasteiger partial charge in [-0.25, -0.2) is 18.2 Å². The van der Waals surface area contributed by atoms with Crippen LogP contribution in [0.1, 0.15) is 46.3 Å². The molecule has 226 valence electrons. The average Bonchev–Trinajstić information content (AvgIpc) is 3.33. The van der Waals surface area contributed by atoms with Crippen molar-refractivity contribution < 1.29 is 41.0 Å². The number of aromatic nitrogens is 1. The molecule has 1 atom stereocenters. The van der Waals surface area contributed by atoms with Gasteiger partial charge in [-0.2, -0.15) is 4.31 Å². The number of benzene rings is 2. The number of nitrogens with zero attached hydrogens (tertiary/aromatic N) is 3. The molecule has 15 heteroatoms. The van der Waals surface area contributed by atoms with Crippen LogP contribution in [0.5, 0.6) is 5.75 Å². The summed E-state index contributed by atoms with van der Waals surface area (Å²) >= 11 is 0.923. The van der Waals surface area contributed by atoms with Crippen LogP contribution in [-0.2, 0) is 21.4 Å². The van der Waals surface area contributed by atoms with Crippen LogP contribution in [0.3, 0.4) is 0 Å². The minimum atomic E-state index is -4.94. The predicted octanol–water partition coefficient (Wildman–Crippen LogP) is 4.37. The lowest BCUT2D eigenvalue weighted by Gasteiger charge is -2.39. The fourth-order valence-electron chi connectivity index (χ4n) is 4.43. The fourth-order valence-corrected chi connectivity index (χ4v) is 6.94. The minimum absolute atomic E-state index is 0.0343. The molecule has 0 aliphatic carbocycles. The predicted molar refractivity (Wildman–Crippen MR) is 149 cm³/mol. The van der Waals surface area contributed by atoms with Gasteiger partial charge in [0, 0.05) is 26.2 Å². The highest BCUT2D eigenvalue weighted by molar-refractivity contribution is 7.89. The average molecular weight is 627 g/mol. The standard InChI is InChI=1S/C27H29F3N4O6S2/c1-16(2)19-6-4-18(5-7-19)14-31-24(35)22-15-33(26-32-17(3)23(41-26)25(36)37)12-13-34(22)42(38,39)21-10-8-20(9-11-21)40-27(28,29)30/h4-11,16,22H,12-15H2,1-3H3,(H,31,35)(H,36,37)/t22-/m1/s1. The second-order valence-corrected chi connectivity index (χ2v) is 12.8. The molecule has 0 radical (unpaired) electrons. The normalized spacial score (nSPS) is 16.5. The Morgan fingerprint density at radius 1 is 1.12 bits per heavy atom. The van der Waals surface area contributed by atoms with Gasteiger partial charge in [-0.15, -0.1) is 13.2 Å². The molecule has 1 saturated heterocycles. The molecule has 1 aliphatic heterocycles. The van der Waals surface area contributed by atoms with Crippen LogP contribution in [0.4, 0.5) is 18.3 Å². The number of alkyl halides is 3. The topological polar surface area (TPSA) is 129 Å². The van der Waals surface area contributed by atoms with Crippen LogP contribution in [0, 0.1) is 6.92 Å². The van der Waals surface area contributed by atoms with E-state index in [-0.39, 0.29) is 36.0 Å². The van der Waals surface area contributed by atoms with E-state index in [4.69, 9.17) is 0 Å². The van der Waals surface area contributed by atoms with E-state index in [9.17, 15) is 36.3 Å². The summed E-state index contributed by atoms with van der Waals surface area (Å²) in [5.41, 5.74) is 2.22. The number of rotatable bonds is 9. The number of amides is 1. The smallest absolute Gasteiger partial charge is 0.477 e. The van der Waals surface area contributed by atoms with Gasteiger partial charge in [0.1, 0.15) is 16.7 Å². The van der Waals surface area contributed by atoms with Crippen molar-refractivity contribution in [2.45, 2.75) is 50.5 Å². The van der Waals surface area contributed by atoms with Crippen molar-refractivity contribution in [2.75, 3.05) is 24.5 Å². The van der Waals surface area contributed by atoms with E-state index in [2.05, 4.69) is 28.9 Å². The molecule has 2 heterocycles. The van der Waals surface area contributed by atoms with Crippen LogP contribution in [0.25, 0.3) is 0 Å². The molecule has 1 amide bonds. The molecule has 1 fully saturated rings. The van der Waals surface area contributed by atoms with Gasteiger partial charge >= 0.3 is 12.3 Å². The number of aromatic carboxylic acids is 1. The molecule has 1 aliphatic rings. The lowest BCUT2D eigenvalue weighted by Crippen LogP contribution is -2.60. The Hall–Kier alpha value is -3.69. The van der Waals surface area contributed by atoms with Crippen molar-refractivity contribution in [3.63, 3.8) is 0 Å². The van der Waals surface area contributed by atoms with Crippen LogP contribution >= 0.6 is 11.3 Å². The summed E-state index contributed by atoms with van der Waals surface area (Å²) in [5.74, 6) is -2.00. The van der Waals surface area contributed by atoms with Gasteiger partial charge in [0.05, 0.1) is 10.6 Å². The number of sulfonamides is 1. The van der Waals surface area contributed by atoms with E-state index >= 15 is 0 Å². The number of carbonyl (C=O) groups is 2. The number of halogens is 3. The van der Waals surface area contributed by atoms with Crippen molar-refractivity contribution in [2.24, 2.45) is 0 Å². The SMILES string of the molecule is Cc1nc(N2CCN(S(=O)(=O)c3ccc(OC(F)(F)F)cc3)[C@@H](C(=O)NCc3ccc(C(C)C)cc3)C2)sc1C(=O)O. The first-order chi connectivity index (χ1) is 19.7. The first-order valence-corrected chi connectivity index (χ1v) is 15.1. The summed E-state index contributed by atoms with van der Waals surface area (Å²) in [4.78, 5) is 30.7. The monoisotopic (exact) mass is 626 g/mol. The highest BCUT2D eigenvalue weighted by Crippen LogP contribution is 2.31. The molecule has 0 bridgehead atoms. The minimum Gasteiger partial charge on any atom is -0.477 e. The quantitative estimate of drug-likeness (QED) is 0.359. The largest absolute Gasteiger partial charge is 0.573 e. The van der Waals surface area contributed by atoms with Crippen LogP contribution < -0.4 is 15.0 Å². The van der Waals surface area contributed by atoms with E-state index in [1.807, 2.05) is 24.3 Å². The fraction of sp³-hybridized carbons (Fsp3) is 0.370. The summed E-state index contributed by atoms with van der Waals surface area (Å²) in [6, 6.07) is 10.1. The lowest BCUT2D eigenvalue weighted by molar-refractivity contribution is -0.274. The van der Waals surface area contributed by atoms with E-state index in [1.54, 1.807) is 11.8 Å². The number of nitrogens with one attached hydrogen (secondary N) is 1. The van der Waals surface area contributed by atoms with Gasteiger partial charge in [0.15, 0.2) is 5.13 Å². The lowest BCUT2D eigenvalue weighted by atomic mass is 10.0. The van der Waals surface area contributed by atoms with E-state index < -0.39 is 40.1 Å². The Labute approximate surface area is 244 Å². The molecule has 0 unspecified atom stereocenters. The Morgan fingerprint density at radius 2 is 1.76 bits per heavy atom. The molecule has 0 spiro atoms. The summed E-state index contributed by atoms with van der Waals surface area (Å²) in [6.07, 6.45) is -4.94. The summed E-state index contributed by atoms with van der Waals surface area (Å²) in [5, 5.41) is 12.5. The molecule has 4 rings (SSSR count). The van der Waals surface area contributed by atoms with Gasteiger partial charge in [-0.05, 0) is 48.2 Å². The van der Waals surface area contributed by atoms with Gasteiger partial charge in [0.2, 0.25) is 15.9 Å². The number of carboxylic acids is 1. The number of carboxylic acid groups (broad SMARTS) is 1. The van der Waals surface area contributed by atoms with E-state index in [1.165, 1.54) is 0 Å². The molecule has 0 saturated carbocycles. The molecular weight excluding hydrogens is 597 g/mol. The van der Waals surface area contributed by atoms with Crippen molar-refractivity contribution >= 4 is 38.4 Å². The molecular formula is C27H29F3N4O6S2. The third-order valence-electron chi connectivity index (χ3n) is 6.66. The van der Waals surface area contributed by atoms with E-state index in [0.717, 1.165) is 51.0 Å². The zero-order valence-corrected chi connectivity index (χ0v) is 24.5. The number of hydrogen-bond donors (Lipinski definition) is 2. The van der Waals surface area contributed by atoms with Gasteiger partial charge < -0.3 is 20.1 Å². The molecule has 2 N–H and O–H groups in total. The number of hydrogen-bond acceptors (Lipinski definition) is 8. The molecule has 1 aromatic heterocycles. The maximum Gasteiger partial charge on any atom is 0.573 e. The zero-order chi connectivity index (χ0) is 30.8. The maximum atomic E-state index is 13.6. The second-order valence-electron chi connectivity index (χ2n) is 9.93. The molecule has 42 heavy (non-hydrogen) atoms. The van der Waals surface area contributed by atoms with Gasteiger partial charge in [0.25, 0.3) is 0 Å². The Kier molecular flexibility index (Phi) is 9.13. The maximum absolute atomic E-state index is 13.6. The Bertz CT molecular complexity index is 1540. The van der Waals surface area contributed by atoms with Crippen LogP contribution in [0.2, 0.25) is 0 Å². The second kappa shape index (κ2) is 12.3. The number of aryl methyl sites for hydroxylation is 1. The van der Waals surface area contributed by atoms with Crippen molar-refractivity contribution in [1.29, 1.82) is 0 Å².